The van der Waals surface area contributed by atoms with Crippen molar-refractivity contribution in [3.05, 3.63) is 71.1 Å². The van der Waals surface area contributed by atoms with Gasteiger partial charge in [0.2, 0.25) is 0 Å². The van der Waals surface area contributed by atoms with E-state index in [4.69, 9.17) is 11.6 Å². The van der Waals surface area contributed by atoms with Gasteiger partial charge in [-0.1, -0.05) is 66.9 Å². The molecule has 2 aromatic carbocycles. The highest BCUT2D eigenvalue weighted by Gasteiger charge is 2.20. The maximum atomic E-state index is 12.8. The second-order valence-corrected chi connectivity index (χ2v) is 8.29. The average Bonchev–Trinajstić information content (AvgIpc) is 2.63. The fraction of sp³-hybridized carbons (Fsp3) is 0.200. The molecule has 0 spiro atoms. The molecular formula is C20H20ClN3O2S. The molecule has 5 nitrogen and oxygen atoms in total. The van der Waals surface area contributed by atoms with Gasteiger partial charge < -0.3 is 0 Å². The minimum Gasteiger partial charge on any atom is -0.263 e. The third-order valence-corrected chi connectivity index (χ3v) is 5.79. The van der Waals surface area contributed by atoms with E-state index in [0.29, 0.717) is 5.56 Å². The second kappa shape index (κ2) is 8.06. The van der Waals surface area contributed by atoms with Gasteiger partial charge in [-0.2, -0.15) is 0 Å². The molecule has 0 bridgehead atoms. The number of nitrogens with zero attached hydrogens (tertiary/aromatic N) is 2. The van der Waals surface area contributed by atoms with Crippen molar-refractivity contribution in [2.24, 2.45) is 0 Å². The minimum atomic E-state index is -3.80. The van der Waals surface area contributed by atoms with Crippen LogP contribution in [0.5, 0.6) is 0 Å². The number of anilines is 1. The Kier molecular flexibility index (Phi) is 5.77. The number of hydrogen-bond donors (Lipinski definition) is 1. The standard InChI is InChI=1S/C20H20ClN3O2S/c1-3-4-15-7-11-17(12-8-15)27(25,26)24-20-18(19(21)22-13-23-20)16-9-5-14(2)6-10-16/h5-13H,3-4H2,1-2H3,(H,22,23,24). The van der Waals surface area contributed by atoms with E-state index >= 15 is 0 Å². The largest absolute Gasteiger partial charge is 0.263 e. The molecule has 0 unspecified atom stereocenters. The van der Waals surface area contributed by atoms with Gasteiger partial charge in [0.25, 0.3) is 10.0 Å². The maximum absolute atomic E-state index is 12.8. The Morgan fingerprint density at radius 1 is 1.00 bits per heavy atom. The topological polar surface area (TPSA) is 72.0 Å². The van der Waals surface area contributed by atoms with Crippen LogP contribution in [0.15, 0.2) is 59.8 Å². The van der Waals surface area contributed by atoms with Crippen LogP contribution in [0.2, 0.25) is 5.15 Å². The molecule has 0 radical (unpaired) electrons. The van der Waals surface area contributed by atoms with Gasteiger partial charge in [0.1, 0.15) is 11.5 Å². The van der Waals surface area contributed by atoms with Gasteiger partial charge in [0.05, 0.1) is 10.5 Å². The Labute approximate surface area is 164 Å². The highest BCUT2D eigenvalue weighted by Crippen LogP contribution is 2.33. The monoisotopic (exact) mass is 401 g/mol. The van der Waals surface area contributed by atoms with Gasteiger partial charge in [-0.25, -0.2) is 18.4 Å². The van der Waals surface area contributed by atoms with Gasteiger partial charge in [-0.3, -0.25) is 4.72 Å². The third kappa shape index (κ3) is 4.46. The van der Waals surface area contributed by atoms with Gasteiger partial charge in [0.15, 0.2) is 5.82 Å². The highest BCUT2D eigenvalue weighted by atomic mass is 35.5. The van der Waals surface area contributed by atoms with Crippen LogP contribution in [0.25, 0.3) is 11.1 Å². The molecule has 1 N–H and O–H groups in total. The lowest BCUT2D eigenvalue weighted by Crippen LogP contribution is -2.15. The number of hydrogen-bond acceptors (Lipinski definition) is 4. The maximum Gasteiger partial charge on any atom is 0.263 e. The van der Waals surface area contributed by atoms with Crippen molar-refractivity contribution in [1.29, 1.82) is 0 Å². The summed E-state index contributed by atoms with van der Waals surface area (Å²) in [6.45, 7) is 4.05. The zero-order valence-corrected chi connectivity index (χ0v) is 16.7. The molecule has 1 aromatic heterocycles. The predicted octanol–water partition coefficient (Wildman–Crippen LogP) is 4.86. The van der Waals surface area contributed by atoms with Crippen molar-refractivity contribution in [1.82, 2.24) is 9.97 Å². The van der Waals surface area contributed by atoms with E-state index in [9.17, 15) is 8.42 Å². The summed E-state index contributed by atoms with van der Waals surface area (Å²) in [6.07, 6.45) is 3.15. The van der Waals surface area contributed by atoms with E-state index in [1.807, 2.05) is 43.3 Å². The van der Waals surface area contributed by atoms with Crippen LogP contribution in [0.4, 0.5) is 5.82 Å². The van der Waals surface area contributed by atoms with Crippen LogP contribution < -0.4 is 4.72 Å². The van der Waals surface area contributed by atoms with Gasteiger partial charge in [-0.15, -0.1) is 0 Å². The molecule has 3 aromatic rings. The van der Waals surface area contributed by atoms with E-state index in [0.717, 1.165) is 29.5 Å². The number of aryl methyl sites for hydroxylation is 2. The third-order valence-electron chi connectivity index (χ3n) is 4.14. The second-order valence-electron chi connectivity index (χ2n) is 6.25. The molecule has 140 valence electrons. The first-order valence-corrected chi connectivity index (χ1v) is 10.5. The summed E-state index contributed by atoms with van der Waals surface area (Å²) in [6, 6.07) is 14.4. The number of nitrogens with one attached hydrogen (secondary N) is 1. The fourth-order valence-corrected chi connectivity index (χ4v) is 3.99. The first-order chi connectivity index (χ1) is 12.9. The van der Waals surface area contributed by atoms with E-state index in [1.54, 1.807) is 12.1 Å². The van der Waals surface area contributed by atoms with Crippen molar-refractivity contribution in [2.45, 2.75) is 31.6 Å². The zero-order chi connectivity index (χ0) is 19.4. The Hall–Kier alpha value is -2.44. The van der Waals surface area contributed by atoms with Gasteiger partial charge in [0, 0.05) is 0 Å². The number of benzene rings is 2. The number of rotatable bonds is 6. The van der Waals surface area contributed by atoms with Crippen molar-refractivity contribution in [3.63, 3.8) is 0 Å². The van der Waals surface area contributed by atoms with Crippen LogP contribution >= 0.6 is 11.6 Å². The Morgan fingerprint density at radius 3 is 2.30 bits per heavy atom. The molecule has 3 rings (SSSR count). The Bertz CT molecular complexity index is 1030. The van der Waals surface area contributed by atoms with Crippen LogP contribution in [0, 0.1) is 6.92 Å². The molecule has 7 heteroatoms. The van der Waals surface area contributed by atoms with E-state index < -0.39 is 10.0 Å². The Balaban J connectivity index is 1.97. The molecule has 27 heavy (non-hydrogen) atoms. The zero-order valence-electron chi connectivity index (χ0n) is 15.1. The van der Waals surface area contributed by atoms with Crippen molar-refractivity contribution < 1.29 is 8.42 Å². The quantitative estimate of drug-likeness (QED) is 0.599. The molecule has 0 atom stereocenters. The number of sulfonamides is 1. The molecule has 0 aliphatic carbocycles. The smallest absolute Gasteiger partial charge is 0.263 e. The highest BCUT2D eigenvalue weighted by molar-refractivity contribution is 7.92. The molecule has 0 fully saturated rings. The summed E-state index contributed by atoms with van der Waals surface area (Å²) >= 11 is 6.25. The molecule has 0 aliphatic rings. The summed E-state index contributed by atoms with van der Waals surface area (Å²) in [5.74, 6) is 0.150. The lowest BCUT2D eigenvalue weighted by Gasteiger charge is -2.13. The van der Waals surface area contributed by atoms with Crippen LogP contribution in [-0.4, -0.2) is 18.4 Å². The molecule has 0 saturated carbocycles. The Morgan fingerprint density at radius 2 is 1.67 bits per heavy atom. The van der Waals surface area contributed by atoms with Crippen LogP contribution in [0.3, 0.4) is 0 Å². The molecule has 0 saturated heterocycles. The first kappa shape index (κ1) is 19.3. The molecule has 1 heterocycles. The summed E-state index contributed by atoms with van der Waals surface area (Å²) in [5, 5.41) is 0.185. The fourth-order valence-electron chi connectivity index (χ4n) is 2.73. The summed E-state index contributed by atoms with van der Waals surface area (Å²) in [4.78, 5) is 8.28. The van der Waals surface area contributed by atoms with Gasteiger partial charge in [-0.05, 0) is 36.6 Å². The van der Waals surface area contributed by atoms with E-state index in [1.165, 1.54) is 6.33 Å². The summed E-state index contributed by atoms with van der Waals surface area (Å²) in [7, 11) is -3.80. The average molecular weight is 402 g/mol. The number of halogens is 1. The normalized spacial score (nSPS) is 11.4. The van der Waals surface area contributed by atoms with Crippen molar-refractivity contribution in [3.8, 4) is 11.1 Å². The predicted molar refractivity (Wildman–Crippen MR) is 108 cm³/mol. The molecule has 0 amide bonds. The van der Waals surface area contributed by atoms with E-state index in [2.05, 4.69) is 21.6 Å². The van der Waals surface area contributed by atoms with Gasteiger partial charge >= 0.3 is 0 Å². The first-order valence-electron chi connectivity index (χ1n) is 8.60. The van der Waals surface area contributed by atoms with E-state index in [-0.39, 0.29) is 15.9 Å². The summed E-state index contributed by atoms with van der Waals surface area (Å²) < 4.78 is 28.2. The lowest BCUT2D eigenvalue weighted by atomic mass is 10.1. The molecular weight excluding hydrogens is 382 g/mol. The summed E-state index contributed by atoms with van der Waals surface area (Å²) in [5.41, 5.74) is 3.37. The molecule has 0 aliphatic heterocycles. The minimum absolute atomic E-state index is 0.150. The van der Waals surface area contributed by atoms with Crippen molar-refractivity contribution >= 4 is 27.4 Å². The van der Waals surface area contributed by atoms with Crippen LogP contribution in [0.1, 0.15) is 24.5 Å². The lowest BCUT2D eigenvalue weighted by molar-refractivity contribution is 0.601. The van der Waals surface area contributed by atoms with Crippen LogP contribution in [-0.2, 0) is 16.4 Å². The SMILES string of the molecule is CCCc1ccc(S(=O)(=O)Nc2ncnc(Cl)c2-c2ccc(C)cc2)cc1. The van der Waals surface area contributed by atoms with Crippen molar-refractivity contribution in [2.75, 3.05) is 4.72 Å². The number of aromatic nitrogens is 2.